The number of para-hydroxylation sites is 1. The molecule has 2 aromatic carbocycles. The average Bonchev–Trinajstić information content (AvgIpc) is 3.71. The fourth-order valence-electron chi connectivity index (χ4n) is 5.46. The fourth-order valence-corrected chi connectivity index (χ4v) is 5.46. The molecule has 4 aromatic heterocycles. The lowest BCUT2D eigenvalue weighted by atomic mass is 10.0. The number of hydrogen-bond acceptors (Lipinski definition) is 6. The number of nitrogens with zero attached hydrogens (tertiary/aromatic N) is 5. The lowest BCUT2D eigenvalue weighted by Gasteiger charge is -2.15. The summed E-state index contributed by atoms with van der Waals surface area (Å²) in [6.07, 6.45) is 7.83. The summed E-state index contributed by atoms with van der Waals surface area (Å²) in [5.74, 6) is 1.08. The van der Waals surface area contributed by atoms with Gasteiger partial charge in [-0.2, -0.15) is 5.10 Å². The van der Waals surface area contributed by atoms with Crippen LogP contribution in [-0.4, -0.2) is 61.3 Å². The Hall–Kier alpha value is -4.63. The second kappa shape index (κ2) is 10.2. The quantitative estimate of drug-likeness (QED) is 0.256. The van der Waals surface area contributed by atoms with Gasteiger partial charge in [0.1, 0.15) is 23.9 Å². The van der Waals surface area contributed by atoms with E-state index in [9.17, 15) is 4.39 Å². The van der Waals surface area contributed by atoms with Gasteiger partial charge in [0.05, 0.1) is 34.6 Å². The molecule has 0 spiro atoms. The van der Waals surface area contributed by atoms with Gasteiger partial charge in [-0.25, -0.2) is 9.37 Å². The van der Waals surface area contributed by atoms with Crippen LogP contribution in [0.2, 0.25) is 0 Å². The van der Waals surface area contributed by atoms with E-state index in [1.807, 2.05) is 43.3 Å². The van der Waals surface area contributed by atoms with Crippen molar-refractivity contribution in [1.29, 1.82) is 0 Å². The second-order valence-electron chi connectivity index (χ2n) is 10.3. The summed E-state index contributed by atoms with van der Waals surface area (Å²) >= 11 is 0. The van der Waals surface area contributed by atoms with E-state index >= 15 is 0 Å². The van der Waals surface area contributed by atoms with Crippen LogP contribution in [0.15, 0.2) is 67.1 Å². The normalized spacial score (nSPS) is 13.9. The molecule has 0 aliphatic carbocycles. The van der Waals surface area contributed by atoms with E-state index < -0.39 is 0 Å². The maximum Gasteiger partial charge on any atom is 0.159 e. The minimum atomic E-state index is -0.267. The van der Waals surface area contributed by atoms with Gasteiger partial charge in [0, 0.05) is 29.3 Å². The highest BCUT2D eigenvalue weighted by Gasteiger charge is 2.17. The number of imidazole rings is 1. The lowest BCUT2D eigenvalue weighted by molar-refractivity contribution is 0.237. The van der Waals surface area contributed by atoms with Crippen LogP contribution in [0.4, 0.5) is 4.39 Å². The maximum absolute atomic E-state index is 14.2. The zero-order valence-corrected chi connectivity index (χ0v) is 22.1. The lowest BCUT2D eigenvalue weighted by Crippen LogP contribution is -2.25. The van der Waals surface area contributed by atoms with Gasteiger partial charge in [0.15, 0.2) is 5.82 Å². The van der Waals surface area contributed by atoms with Crippen molar-refractivity contribution in [3.8, 4) is 39.7 Å². The summed E-state index contributed by atoms with van der Waals surface area (Å²) < 4.78 is 20.2. The van der Waals surface area contributed by atoms with Crippen LogP contribution < -0.4 is 4.74 Å². The molecule has 0 bridgehead atoms. The highest BCUT2D eigenvalue weighted by molar-refractivity contribution is 5.97. The summed E-state index contributed by atoms with van der Waals surface area (Å²) in [4.78, 5) is 19.8. The molecule has 1 saturated heterocycles. The van der Waals surface area contributed by atoms with E-state index in [1.54, 1.807) is 18.6 Å². The number of aromatic amines is 2. The van der Waals surface area contributed by atoms with Gasteiger partial charge in [0.25, 0.3) is 0 Å². The molecule has 0 amide bonds. The van der Waals surface area contributed by atoms with Gasteiger partial charge < -0.3 is 9.72 Å². The summed E-state index contributed by atoms with van der Waals surface area (Å²) in [6.45, 7) is 5.74. The number of H-pyrrole nitrogens is 2. The van der Waals surface area contributed by atoms with Crippen LogP contribution in [0.5, 0.6) is 5.75 Å². The van der Waals surface area contributed by atoms with Crippen LogP contribution in [-0.2, 0) is 0 Å². The van der Waals surface area contributed by atoms with Gasteiger partial charge in [-0.1, -0.05) is 18.2 Å². The fraction of sp³-hybridized carbons (Fsp3) is 0.226. The maximum atomic E-state index is 14.2. The number of aryl methyl sites for hydroxylation is 1. The smallest absolute Gasteiger partial charge is 0.159 e. The summed E-state index contributed by atoms with van der Waals surface area (Å²) in [5.41, 5.74) is 7.22. The third kappa shape index (κ3) is 4.69. The Kier molecular flexibility index (Phi) is 6.20. The molecule has 9 heteroatoms. The molecule has 40 heavy (non-hydrogen) atoms. The Bertz CT molecular complexity index is 1820. The molecule has 8 nitrogen and oxygen atoms in total. The molecule has 6 aromatic rings. The predicted molar refractivity (Wildman–Crippen MR) is 154 cm³/mol. The molecule has 7 rings (SSSR count). The molecular formula is C31H28FN7O. The van der Waals surface area contributed by atoms with Gasteiger partial charge in [0.2, 0.25) is 0 Å². The number of nitrogens with one attached hydrogen (secondary N) is 2. The van der Waals surface area contributed by atoms with Crippen molar-refractivity contribution in [3.05, 3.63) is 78.5 Å². The third-order valence-corrected chi connectivity index (χ3v) is 7.42. The second-order valence-corrected chi connectivity index (χ2v) is 10.3. The van der Waals surface area contributed by atoms with Gasteiger partial charge >= 0.3 is 0 Å². The van der Waals surface area contributed by atoms with Crippen molar-refractivity contribution in [2.75, 3.05) is 26.2 Å². The highest BCUT2D eigenvalue weighted by atomic mass is 19.1. The van der Waals surface area contributed by atoms with Crippen LogP contribution in [0, 0.1) is 12.7 Å². The molecule has 1 fully saturated rings. The summed E-state index contributed by atoms with van der Waals surface area (Å²) in [7, 11) is 0. The molecule has 1 aliphatic rings. The topological polar surface area (TPSA) is 95.6 Å². The molecular weight excluding hydrogens is 505 g/mol. The number of benzene rings is 2. The van der Waals surface area contributed by atoms with Gasteiger partial charge in [-0.3, -0.25) is 20.0 Å². The van der Waals surface area contributed by atoms with Crippen molar-refractivity contribution >= 4 is 21.9 Å². The molecule has 0 atom stereocenters. The van der Waals surface area contributed by atoms with E-state index in [0.29, 0.717) is 18.1 Å². The first-order valence-electron chi connectivity index (χ1n) is 13.5. The van der Waals surface area contributed by atoms with Crippen molar-refractivity contribution in [2.45, 2.75) is 19.8 Å². The molecule has 2 N–H and O–H groups in total. The molecule has 0 radical (unpaired) electrons. The van der Waals surface area contributed by atoms with Gasteiger partial charge in [-0.15, -0.1) is 0 Å². The Labute approximate surface area is 230 Å². The minimum absolute atomic E-state index is 0.267. The van der Waals surface area contributed by atoms with Crippen molar-refractivity contribution in [1.82, 2.24) is 35.0 Å². The van der Waals surface area contributed by atoms with Crippen molar-refractivity contribution in [2.24, 2.45) is 0 Å². The number of pyridine rings is 2. The number of ether oxygens (including phenoxy) is 1. The molecule has 1 aliphatic heterocycles. The zero-order chi connectivity index (χ0) is 27.1. The standard InChI is InChI=1S/C31H28FN7O/c1-19-11-20(13-22(32)12-19)24-5-4-6-26-29(24)36-31(35-26)30-25-15-27(34-18-28(25)37-38-30)21-14-23(17-33-16-21)40-10-9-39-7-2-3-8-39/h4-6,11-18H,2-3,7-10H2,1H3,(H,35,36)(H,37,38). The minimum Gasteiger partial charge on any atom is -0.491 e. The van der Waals surface area contributed by atoms with E-state index in [1.165, 1.54) is 25.0 Å². The first kappa shape index (κ1) is 24.4. The molecule has 5 heterocycles. The van der Waals surface area contributed by atoms with E-state index in [-0.39, 0.29) is 5.82 Å². The summed E-state index contributed by atoms with van der Waals surface area (Å²) in [5, 5.41) is 8.51. The first-order valence-corrected chi connectivity index (χ1v) is 13.5. The number of halogens is 1. The van der Waals surface area contributed by atoms with Crippen molar-refractivity contribution in [3.63, 3.8) is 0 Å². The number of likely N-dealkylation sites (tertiary alicyclic amines) is 1. The molecule has 0 unspecified atom stereocenters. The Morgan fingerprint density at radius 1 is 0.975 bits per heavy atom. The third-order valence-electron chi connectivity index (χ3n) is 7.42. The molecule has 0 saturated carbocycles. The average molecular weight is 534 g/mol. The Morgan fingerprint density at radius 2 is 1.88 bits per heavy atom. The SMILES string of the molecule is Cc1cc(F)cc(-c2cccc3[nH]c(-c4n[nH]c5cnc(-c6cncc(OCCN7CCCC7)c6)cc45)nc23)c1. The number of hydrogen-bond donors (Lipinski definition) is 2. The largest absolute Gasteiger partial charge is 0.491 e. The van der Waals surface area contributed by atoms with E-state index in [0.717, 1.165) is 75.3 Å². The van der Waals surface area contributed by atoms with Crippen LogP contribution >= 0.6 is 0 Å². The van der Waals surface area contributed by atoms with Crippen LogP contribution in [0.25, 0.3) is 55.8 Å². The first-order chi connectivity index (χ1) is 19.6. The Morgan fingerprint density at radius 3 is 2.75 bits per heavy atom. The van der Waals surface area contributed by atoms with Crippen molar-refractivity contribution < 1.29 is 9.13 Å². The number of fused-ring (bicyclic) bond motifs is 2. The van der Waals surface area contributed by atoms with Crippen LogP contribution in [0.1, 0.15) is 18.4 Å². The highest BCUT2D eigenvalue weighted by Crippen LogP contribution is 2.33. The summed E-state index contributed by atoms with van der Waals surface area (Å²) in [6, 6.07) is 14.8. The molecule has 200 valence electrons. The van der Waals surface area contributed by atoms with E-state index in [2.05, 4.69) is 30.0 Å². The number of rotatable bonds is 7. The number of aromatic nitrogens is 6. The zero-order valence-electron chi connectivity index (χ0n) is 22.1. The van der Waals surface area contributed by atoms with Gasteiger partial charge in [-0.05, 0) is 74.3 Å². The monoisotopic (exact) mass is 533 g/mol. The van der Waals surface area contributed by atoms with Crippen LogP contribution in [0.3, 0.4) is 0 Å². The van der Waals surface area contributed by atoms with E-state index in [4.69, 9.17) is 9.72 Å². The predicted octanol–water partition coefficient (Wildman–Crippen LogP) is 6.15. The Balaban J connectivity index is 1.21.